The fourth-order valence-electron chi connectivity index (χ4n) is 3.77. The first kappa shape index (κ1) is 21.6. The summed E-state index contributed by atoms with van der Waals surface area (Å²) in [5.41, 5.74) is 3.25. The van der Waals surface area contributed by atoms with Crippen LogP contribution in [0.4, 0.5) is 0 Å². The average Bonchev–Trinajstić information content (AvgIpc) is 2.99. The van der Waals surface area contributed by atoms with Gasteiger partial charge in [0.15, 0.2) is 0 Å². The van der Waals surface area contributed by atoms with Crippen molar-refractivity contribution in [3.8, 4) is 5.75 Å². The van der Waals surface area contributed by atoms with Gasteiger partial charge in [-0.05, 0) is 49.6 Å². The number of nitrogens with zero attached hydrogens (tertiary/aromatic N) is 1. The predicted octanol–water partition coefficient (Wildman–Crippen LogP) is 3.77. The van der Waals surface area contributed by atoms with Crippen LogP contribution in [-0.2, 0) is 14.3 Å². The number of carbonyl (C=O) groups excluding carboxylic acids is 2. The minimum absolute atomic E-state index is 0.103. The highest BCUT2D eigenvalue weighted by atomic mass is 16.5. The molecule has 1 saturated heterocycles. The number of aliphatic hydroxyl groups excluding tert-OH is 1. The molecular weight excluding hydrogens is 382 g/mol. The minimum Gasteiger partial charge on any atom is -0.507 e. The molecule has 1 N–H and O–H groups in total. The molecule has 1 aliphatic heterocycles. The van der Waals surface area contributed by atoms with Crippen LogP contribution >= 0.6 is 0 Å². The van der Waals surface area contributed by atoms with Gasteiger partial charge in [0.05, 0.1) is 18.7 Å². The maximum Gasteiger partial charge on any atom is 0.295 e. The van der Waals surface area contributed by atoms with Crippen molar-refractivity contribution in [2.45, 2.75) is 26.3 Å². The molecule has 158 valence electrons. The molecule has 3 rings (SSSR count). The fraction of sp³-hybridized carbons (Fsp3) is 0.333. The molecule has 0 aliphatic carbocycles. The van der Waals surface area contributed by atoms with Gasteiger partial charge in [-0.15, -0.1) is 0 Å². The number of aryl methyl sites for hydroxylation is 2. The Morgan fingerprint density at radius 2 is 1.77 bits per heavy atom. The summed E-state index contributed by atoms with van der Waals surface area (Å²) < 4.78 is 10.4. The monoisotopic (exact) mass is 409 g/mol. The van der Waals surface area contributed by atoms with Gasteiger partial charge in [-0.25, -0.2) is 0 Å². The number of ether oxygens (including phenoxy) is 2. The second kappa shape index (κ2) is 9.13. The van der Waals surface area contributed by atoms with Crippen molar-refractivity contribution in [2.75, 3.05) is 27.4 Å². The van der Waals surface area contributed by atoms with Crippen molar-refractivity contribution in [3.63, 3.8) is 0 Å². The van der Waals surface area contributed by atoms with Crippen LogP contribution in [0.2, 0.25) is 0 Å². The zero-order valence-electron chi connectivity index (χ0n) is 17.8. The summed E-state index contributed by atoms with van der Waals surface area (Å²) in [5, 5.41) is 11.1. The lowest BCUT2D eigenvalue weighted by Gasteiger charge is -2.25. The molecule has 30 heavy (non-hydrogen) atoms. The molecule has 6 heteroatoms. The van der Waals surface area contributed by atoms with Gasteiger partial charge in [0, 0.05) is 25.8 Å². The molecule has 0 spiro atoms. The number of amides is 1. The van der Waals surface area contributed by atoms with Gasteiger partial charge in [-0.2, -0.15) is 0 Å². The number of hydrogen-bond donors (Lipinski definition) is 1. The number of methoxy groups -OCH3 is 2. The lowest BCUT2D eigenvalue weighted by atomic mass is 9.94. The number of benzene rings is 2. The third-order valence-electron chi connectivity index (χ3n) is 5.35. The Morgan fingerprint density at radius 1 is 1.07 bits per heavy atom. The van der Waals surface area contributed by atoms with E-state index in [0.717, 1.165) is 16.7 Å². The first-order valence-electron chi connectivity index (χ1n) is 9.88. The lowest BCUT2D eigenvalue weighted by Crippen LogP contribution is -2.31. The van der Waals surface area contributed by atoms with Crippen LogP contribution in [0.5, 0.6) is 5.75 Å². The van der Waals surface area contributed by atoms with Gasteiger partial charge in [0.25, 0.3) is 11.7 Å². The normalized spacial score (nSPS) is 18.1. The smallest absolute Gasteiger partial charge is 0.295 e. The Hall–Kier alpha value is -3.12. The fourth-order valence-corrected chi connectivity index (χ4v) is 3.77. The topological polar surface area (TPSA) is 76.1 Å². The Morgan fingerprint density at radius 3 is 2.37 bits per heavy atom. The molecule has 1 unspecified atom stereocenters. The van der Waals surface area contributed by atoms with Crippen LogP contribution in [0.25, 0.3) is 5.76 Å². The Kier molecular flexibility index (Phi) is 6.57. The molecular formula is C24H27NO5. The molecule has 0 saturated carbocycles. The van der Waals surface area contributed by atoms with Crippen LogP contribution < -0.4 is 4.74 Å². The number of rotatable bonds is 7. The zero-order valence-corrected chi connectivity index (χ0v) is 17.8. The molecule has 0 aromatic heterocycles. The summed E-state index contributed by atoms with van der Waals surface area (Å²) in [6.07, 6.45) is 0.591. The molecule has 2 aromatic rings. The van der Waals surface area contributed by atoms with Crippen molar-refractivity contribution in [2.24, 2.45) is 0 Å². The van der Waals surface area contributed by atoms with Gasteiger partial charge in [0.2, 0.25) is 0 Å². The Labute approximate surface area is 176 Å². The van der Waals surface area contributed by atoms with Gasteiger partial charge < -0.3 is 19.5 Å². The summed E-state index contributed by atoms with van der Waals surface area (Å²) in [7, 11) is 3.17. The average molecular weight is 409 g/mol. The second-order valence-electron chi connectivity index (χ2n) is 7.43. The Bertz CT molecular complexity index is 978. The van der Waals surface area contributed by atoms with E-state index in [2.05, 4.69) is 0 Å². The molecule has 1 heterocycles. The van der Waals surface area contributed by atoms with Crippen molar-refractivity contribution in [1.29, 1.82) is 0 Å². The maximum atomic E-state index is 13.0. The standard InChI is InChI=1S/C24H27NO5/c1-15-6-8-17(9-7-15)21-20(23(27)24(28)25(21)12-5-13-29-3)22(26)18-10-11-19(30-4)16(2)14-18/h6-11,14,21,26H,5,12-13H2,1-4H3/b22-20+. The highest BCUT2D eigenvalue weighted by molar-refractivity contribution is 6.46. The maximum absolute atomic E-state index is 13.0. The quantitative estimate of drug-likeness (QED) is 0.326. The summed E-state index contributed by atoms with van der Waals surface area (Å²) in [6.45, 7) is 4.66. The van der Waals surface area contributed by atoms with E-state index in [-0.39, 0.29) is 11.3 Å². The van der Waals surface area contributed by atoms with Gasteiger partial charge in [0.1, 0.15) is 11.5 Å². The molecule has 1 fully saturated rings. The third kappa shape index (κ3) is 4.09. The van der Waals surface area contributed by atoms with E-state index < -0.39 is 17.7 Å². The molecule has 1 atom stereocenters. The van der Waals surface area contributed by atoms with Crippen molar-refractivity contribution in [3.05, 3.63) is 70.3 Å². The number of likely N-dealkylation sites (tertiary alicyclic amines) is 1. The molecule has 0 radical (unpaired) electrons. The van der Waals surface area contributed by atoms with E-state index in [1.54, 1.807) is 32.4 Å². The molecule has 2 aromatic carbocycles. The highest BCUT2D eigenvalue weighted by Gasteiger charge is 2.45. The molecule has 0 bridgehead atoms. The number of hydrogen-bond acceptors (Lipinski definition) is 5. The lowest BCUT2D eigenvalue weighted by molar-refractivity contribution is -0.140. The second-order valence-corrected chi connectivity index (χ2v) is 7.43. The molecule has 6 nitrogen and oxygen atoms in total. The predicted molar refractivity (Wildman–Crippen MR) is 114 cm³/mol. The summed E-state index contributed by atoms with van der Waals surface area (Å²) in [5.74, 6) is -0.784. The minimum atomic E-state index is -0.677. The number of carbonyl (C=O) groups is 2. The number of ketones is 1. The first-order chi connectivity index (χ1) is 14.4. The summed E-state index contributed by atoms with van der Waals surface area (Å²) in [4.78, 5) is 27.3. The Balaban J connectivity index is 2.12. The van der Waals surface area contributed by atoms with E-state index in [0.29, 0.717) is 30.9 Å². The largest absolute Gasteiger partial charge is 0.507 e. The van der Waals surface area contributed by atoms with Crippen molar-refractivity contribution < 1.29 is 24.2 Å². The molecule has 1 amide bonds. The number of aliphatic hydroxyl groups is 1. The SMILES string of the molecule is COCCCN1C(=O)C(=O)/C(=C(/O)c2ccc(OC)c(C)c2)C1c1ccc(C)cc1. The summed E-state index contributed by atoms with van der Waals surface area (Å²) in [6, 6.07) is 12.2. The van der Waals surface area contributed by atoms with Crippen molar-refractivity contribution in [1.82, 2.24) is 4.90 Å². The van der Waals surface area contributed by atoms with E-state index in [1.165, 1.54) is 4.90 Å². The van der Waals surface area contributed by atoms with Crippen LogP contribution in [0.15, 0.2) is 48.0 Å². The highest BCUT2D eigenvalue weighted by Crippen LogP contribution is 2.40. The van der Waals surface area contributed by atoms with Crippen LogP contribution in [0.3, 0.4) is 0 Å². The number of Topliss-reactive ketones (excluding diaryl/α,β-unsaturated/α-hetero) is 1. The molecule has 1 aliphatic rings. The van der Waals surface area contributed by atoms with Gasteiger partial charge in [-0.1, -0.05) is 29.8 Å². The van der Waals surface area contributed by atoms with Gasteiger partial charge in [-0.3, -0.25) is 9.59 Å². The zero-order chi connectivity index (χ0) is 21.8. The van der Waals surface area contributed by atoms with Crippen LogP contribution in [0, 0.1) is 13.8 Å². The van der Waals surface area contributed by atoms with Crippen LogP contribution in [0.1, 0.15) is 34.7 Å². The van der Waals surface area contributed by atoms with Crippen molar-refractivity contribution >= 4 is 17.4 Å². The first-order valence-corrected chi connectivity index (χ1v) is 9.88. The van der Waals surface area contributed by atoms with E-state index in [9.17, 15) is 14.7 Å². The van der Waals surface area contributed by atoms with Gasteiger partial charge >= 0.3 is 0 Å². The van der Waals surface area contributed by atoms with E-state index in [1.807, 2.05) is 38.1 Å². The third-order valence-corrected chi connectivity index (χ3v) is 5.35. The summed E-state index contributed by atoms with van der Waals surface area (Å²) >= 11 is 0. The van der Waals surface area contributed by atoms with Crippen LogP contribution in [-0.4, -0.2) is 49.1 Å². The van der Waals surface area contributed by atoms with E-state index in [4.69, 9.17) is 9.47 Å². The van der Waals surface area contributed by atoms with E-state index >= 15 is 0 Å².